The van der Waals surface area contributed by atoms with Crippen LogP contribution in [0.1, 0.15) is 20.3 Å². The lowest BCUT2D eigenvalue weighted by atomic mass is 10.3. The summed E-state index contributed by atoms with van der Waals surface area (Å²) in [4.78, 5) is 0. The Labute approximate surface area is 38.5 Å². The largest absolute Gasteiger partial charge is 0.325 e. The summed E-state index contributed by atoms with van der Waals surface area (Å²) in [5, 5.41) is 0. The van der Waals surface area contributed by atoms with Gasteiger partial charge in [-0.05, 0) is 19.3 Å². The van der Waals surface area contributed by atoms with E-state index < -0.39 is 0 Å². The van der Waals surface area contributed by atoms with Crippen LogP contribution in [0.3, 0.4) is 0 Å². The molecule has 0 aliphatic heterocycles. The lowest BCUT2D eigenvalue weighted by Gasteiger charge is -1.93. The molecule has 0 bridgehead atoms. The quantitative estimate of drug-likeness (QED) is 0.461. The van der Waals surface area contributed by atoms with E-state index in [1.165, 1.54) is 6.42 Å². The van der Waals surface area contributed by atoms with Crippen molar-refractivity contribution < 1.29 is 0 Å². The molecule has 0 amide bonds. The second-order valence-corrected chi connectivity index (χ2v) is 2.61. The highest BCUT2D eigenvalue weighted by molar-refractivity contribution is 5.00. The van der Waals surface area contributed by atoms with Crippen molar-refractivity contribution in [2.24, 2.45) is 11.7 Å². The Morgan fingerprint density at radius 3 is 2.00 bits per heavy atom. The van der Waals surface area contributed by atoms with Gasteiger partial charge in [-0.3, -0.25) is 0 Å². The lowest BCUT2D eigenvalue weighted by molar-refractivity contribution is 0.686. The molecule has 0 radical (unpaired) electrons. The van der Waals surface area contributed by atoms with E-state index in [9.17, 15) is 0 Å². The third-order valence-electron chi connectivity index (χ3n) is 1.71. The van der Waals surface area contributed by atoms with Gasteiger partial charge in [-0.2, -0.15) is 0 Å². The fourth-order valence-corrected chi connectivity index (χ4v) is 0.601. The van der Waals surface area contributed by atoms with Crippen LogP contribution in [0.15, 0.2) is 0 Å². The predicted octanol–water partition coefficient (Wildman–Crippen LogP) is 0.744. The van der Waals surface area contributed by atoms with Crippen molar-refractivity contribution >= 4 is 0 Å². The van der Waals surface area contributed by atoms with E-state index in [0.717, 1.165) is 5.92 Å². The molecule has 2 atom stereocenters. The van der Waals surface area contributed by atoms with Gasteiger partial charge in [0.05, 0.1) is 0 Å². The predicted molar refractivity (Wildman–Crippen MR) is 26.4 cm³/mol. The Bertz CT molecular complexity index is 66.3. The molecule has 1 aliphatic rings. The van der Waals surface area contributed by atoms with E-state index in [1.54, 1.807) is 0 Å². The zero-order valence-electron chi connectivity index (χ0n) is 4.36. The van der Waals surface area contributed by atoms with Gasteiger partial charge in [-0.25, -0.2) is 0 Å². The lowest BCUT2D eigenvalue weighted by Crippen LogP contribution is -2.18. The maximum Gasteiger partial charge on any atom is 0.0155 e. The summed E-state index contributed by atoms with van der Waals surface area (Å²) in [5.74, 6) is 0.775. The molecular weight excluding hydrogens is 74.1 g/mol. The van der Waals surface area contributed by atoms with Crippen LogP contribution in [0.2, 0.25) is 0 Å². The van der Waals surface area contributed by atoms with E-state index in [2.05, 4.69) is 13.8 Å². The summed E-state index contributed by atoms with van der Waals surface area (Å²) in [6, 6.07) is 0. The van der Waals surface area contributed by atoms with Gasteiger partial charge in [-0.15, -0.1) is 0 Å². The van der Waals surface area contributed by atoms with Crippen molar-refractivity contribution in [2.45, 2.75) is 25.8 Å². The molecule has 0 saturated heterocycles. The van der Waals surface area contributed by atoms with Crippen LogP contribution < -0.4 is 5.73 Å². The molecule has 0 aromatic rings. The molecule has 36 valence electrons. The molecule has 1 fully saturated rings. The maximum atomic E-state index is 5.61. The first-order valence-corrected chi connectivity index (χ1v) is 2.42. The molecule has 1 aliphatic carbocycles. The van der Waals surface area contributed by atoms with Crippen LogP contribution >= 0.6 is 0 Å². The summed E-state index contributed by atoms with van der Waals surface area (Å²) in [6.45, 7) is 4.28. The standard InChI is InChI=1S/C5H11N/c1-4-3-5(4,2)6/h4H,3,6H2,1-2H3/t4-,5-/m1/s1. The van der Waals surface area contributed by atoms with Crippen LogP contribution in [-0.4, -0.2) is 5.54 Å². The minimum absolute atomic E-state index is 0.208. The second kappa shape index (κ2) is 0.784. The van der Waals surface area contributed by atoms with E-state index in [0.29, 0.717) is 0 Å². The van der Waals surface area contributed by atoms with Crippen molar-refractivity contribution in [3.05, 3.63) is 0 Å². The van der Waals surface area contributed by atoms with Crippen molar-refractivity contribution in [3.63, 3.8) is 0 Å². The Balaban J connectivity index is 2.41. The molecule has 0 aromatic heterocycles. The second-order valence-electron chi connectivity index (χ2n) is 2.61. The smallest absolute Gasteiger partial charge is 0.0155 e. The van der Waals surface area contributed by atoms with Crippen LogP contribution in [0.4, 0.5) is 0 Å². The average molecular weight is 85.2 g/mol. The van der Waals surface area contributed by atoms with Crippen LogP contribution in [0, 0.1) is 5.92 Å². The molecule has 1 rings (SSSR count). The number of nitrogens with two attached hydrogens (primary N) is 1. The molecule has 2 N–H and O–H groups in total. The molecule has 0 heterocycles. The fraction of sp³-hybridized carbons (Fsp3) is 1.00. The van der Waals surface area contributed by atoms with E-state index in [-0.39, 0.29) is 5.54 Å². The minimum atomic E-state index is 0.208. The molecule has 6 heavy (non-hydrogen) atoms. The number of rotatable bonds is 0. The summed E-state index contributed by atoms with van der Waals surface area (Å²) < 4.78 is 0. The molecule has 0 spiro atoms. The molecule has 1 saturated carbocycles. The molecule has 0 aromatic carbocycles. The van der Waals surface area contributed by atoms with Crippen LogP contribution in [-0.2, 0) is 0 Å². The molecule has 1 nitrogen and oxygen atoms in total. The van der Waals surface area contributed by atoms with Crippen molar-refractivity contribution in [2.75, 3.05) is 0 Å². The van der Waals surface area contributed by atoms with Gasteiger partial charge in [0, 0.05) is 5.54 Å². The average Bonchev–Trinajstić information content (AvgIpc) is 1.73. The minimum Gasteiger partial charge on any atom is -0.325 e. The first-order valence-electron chi connectivity index (χ1n) is 2.42. The Kier molecular flexibility index (Phi) is 0.539. The van der Waals surface area contributed by atoms with Crippen molar-refractivity contribution in [3.8, 4) is 0 Å². The van der Waals surface area contributed by atoms with Gasteiger partial charge in [0.2, 0.25) is 0 Å². The number of hydrogen-bond acceptors (Lipinski definition) is 1. The maximum absolute atomic E-state index is 5.61. The third kappa shape index (κ3) is 0.432. The number of hydrogen-bond donors (Lipinski definition) is 1. The Morgan fingerprint density at radius 1 is 1.83 bits per heavy atom. The van der Waals surface area contributed by atoms with Gasteiger partial charge in [0.1, 0.15) is 0 Å². The third-order valence-corrected chi connectivity index (χ3v) is 1.71. The monoisotopic (exact) mass is 85.1 g/mol. The highest BCUT2D eigenvalue weighted by atomic mass is 14.8. The molecule has 0 unspecified atom stereocenters. The van der Waals surface area contributed by atoms with E-state index in [1.807, 2.05) is 0 Å². The normalized spacial score (nSPS) is 55.5. The van der Waals surface area contributed by atoms with Gasteiger partial charge < -0.3 is 5.73 Å². The van der Waals surface area contributed by atoms with Crippen LogP contribution in [0.25, 0.3) is 0 Å². The zero-order chi connectivity index (χ0) is 4.78. The van der Waals surface area contributed by atoms with Gasteiger partial charge in [0.15, 0.2) is 0 Å². The summed E-state index contributed by atoms with van der Waals surface area (Å²) in [5.41, 5.74) is 5.82. The summed E-state index contributed by atoms with van der Waals surface area (Å²) >= 11 is 0. The Hall–Kier alpha value is -0.0400. The topological polar surface area (TPSA) is 26.0 Å². The van der Waals surface area contributed by atoms with Crippen molar-refractivity contribution in [1.82, 2.24) is 0 Å². The summed E-state index contributed by atoms with van der Waals surface area (Å²) in [6.07, 6.45) is 1.22. The van der Waals surface area contributed by atoms with E-state index >= 15 is 0 Å². The first-order chi connectivity index (χ1) is 2.63. The molecule has 1 heteroatoms. The fourth-order valence-electron chi connectivity index (χ4n) is 0.601. The van der Waals surface area contributed by atoms with Crippen molar-refractivity contribution in [1.29, 1.82) is 0 Å². The highest BCUT2D eigenvalue weighted by Crippen LogP contribution is 2.39. The zero-order valence-corrected chi connectivity index (χ0v) is 4.36. The first kappa shape index (κ1) is 4.13. The van der Waals surface area contributed by atoms with Gasteiger partial charge >= 0.3 is 0 Å². The summed E-state index contributed by atoms with van der Waals surface area (Å²) in [7, 11) is 0. The Morgan fingerprint density at radius 2 is 2.00 bits per heavy atom. The van der Waals surface area contributed by atoms with E-state index in [4.69, 9.17) is 5.73 Å². The van der Waals surface area contributed by atoms with Gasteiger partial charge in [-0.1, -0.05) is 6.92 Å². The van der Waals surface area contributed by atoms with Crippen LogP contribution in [0.5, 0.6) is 0 Å². The SMILES string of the molecule is C[C@@H]1C[C@@]1(C)N. The molecular formula is C5H11N. The highest BCUT2D eigenvalue weighted by Gasteiger charge is 2.42. The van der Waals surface area contributed by atoms with Gasteiger partial charge in [0.25, 0.3) is 0 Å².